The second-order valence-electron chi connectivity index (χ2n) is 4.20. The summed E-state index contributed by atoms with van der Waals surface area (Å²) >= 11 is 0. The monoisotopic (exact) mass is 250 g/mol. The zero-order valence-electron chi connectivity index (χ0n) is 9.60. The Morgan fingerprint density at radius 3 is 2.56 bits per heavy atom. The van der Waals surface area contributed by atoms with E-state index in [0.29, 0.717) is 13.0 Å². The standard InChI is InChI=1S/C10H18O5S/c1-3-15-7-10(9(11)12)5-8(10)6-16(13,14)4-2/h8H,3-7H2,1-2H3,(H,11,12)/t8-,10-/m0/s1. The fourth-order valence-corrected chi connectivity index (χ4v) is 3.09. The Balaban J connectivity index is 2.64. The number of carboxylic acids is 1. The highest BCUT2D eigenvalue weighted by molar-refractivity contribution is 7.91. The third-order valence-corrected chi connectivity index (χ3v) is 4.91. The minimum atomic E-state index is -3.10. The van der Waals surface area contributed by atoms with E-state index in [1.54, 1.807) is 13.8 Å². The van der Waals surface area contributed by atoms with Gasteiger partial charge in [-0.25, -0.2) is 8.42 Å². The average Bonchev–Trinajstić information content (AvgIpc) is 2.89. The minimum Gasteiger partial charge on any atom is -0.481 e. The van der Waals surface area contributed by atoms with Crippen LogP contribution in [0.15, 0.2) is 0 Å². The molecule has 5 nitrogen and oxygen atoms in total. The molecule has 0 aromatic carbocycles. The lowest BCUT2D eigenvalue weighted by Crippen LogP contribution is -2.26. The van der Waals surface area contributed by atoms with Crippen molar-refractivity contribution >= 4 is 15.8 Å². The third-order valence-electron chi connectivity index (χ3n) is 3.12. The van der Waals surface area contributed by atoms with Gasteiger partial charge in [-0.1, -0.05) is 6.92 Å². The summed E-state index contributed by atoms with van der Waals surface area (Å²) in [5, 5.41) is 9.10. The maximum atomic E-state index is 11.4. The number of rotatable bonds is 7. The molecule has 94 valence electrons. The van der Waals surface area contributed by atoms with Crippen molar-refractivity contribution in [1.82, 2.24) is 0 Å². The largest absolute Gasteiger partial charge is 0.481 e. The first-order valence-corrected chi connectivity index (χ1v) is 7.21. The van der Waals surface area contributed by atoms with Gasteiger partial charge in [0.1, 0.15) is 9.84 Å². The molecule has 0 radical (unpaired) electrons. The van der Waals surface area contributed by atoms with Gasteiger partial charge in [-0.05, 0) is 19.3 Å². The Kier molecular flexibility index (Phi) is 3.96. The van der Waals surface area contributed by atoms with Crippen LogP contribution >= 0.6 is 0 Å². The highest BCUT2D eigenvalue weighted by Gasteiger charge is 2.61. The van der Waals surface area contributed by atoms with E-state index < -0.39 is 21.2 Å². The molecule has 0 amide bonds. The fourth-order valence-electron chi connectivity index (χ4n) is 1.81. The van der Waals surface area contributed by atoms with Crippen molar-refractivity contribution in [2.24, 2.45) is 11.3 Å². The predicted octanol–water partition coefficient (Wildman–Crippen LogP) is 0.549. The van der Waals surface area contributed by atoms with Crippen LogP contribution in [0.25, 0.3) is 0 Å². The van der Waals surface area contributed by atoms with Crippen molar-refractivity contribution in [2.45, 2.75) is 20.3 Å². The Morgan fingerprint density at radius 2 is 2.12 bits per heavy atom. The molecule has 1 aliphatic carbocycles. The van der Waals surface area contributed by atoms with E-state index in [0.717, 1.165) is 0 Å². The van der Waals surface area contributed by atoms with Crippen molar-refractivity contribution in [2.75, 3.05) is 24.7 Å². The lowest BCUT2D eigenvalue weighted by atomic mass is 10.1. The number of hydrogen-bond donors (Lipinski definition) is 1. The molecule has 0 spiro atoms. The number of carbonyl (C=O) groups is 1. The summed E-state index contributed by atoms with van der Waals surface area (Å²) in [7, 11) is -3.10. The van der Waals surface area contributed by atoms with Crippen LogP contribution in [0.3, 0.4) is 0 Å². The van der Waals surface area contributed by atoms with Crippen LogP contribution in [-0.4, -0.2) is 44.2 Å². The van der Waals surface area contributed by atoms with Gasteiger partial charge in [0.15, 0.2) is 0 Å². The summed E-state index contributed by atoms with van der Waals surface area (Å²) in [4.78, 5) is 11.1. The van der Waals surface area contributed by atoms with E-state index in [-0.39, 0.29) is 24.0 Å². The van der Waals surface area contributed by atoms with Crippen molar-refractivity contribution in [3.8, 4) is 0 Å². The zero-order chi connectivity index (χ0) is 12.4. The summed E-state index contributed by atoms with van der Waals surface area (Å²) in [5.74, 6) is -1.21. The smallest absolute Gasteiger partial charge is 0.312 e. The molecule has 2 atom stereocenters. The number of hydrogen-bond acceptors (Lipinski definition) is 4. The average molecular weight is 250 g/mol. The van der Waals surface area contributed by atoms with Gasteiger partial charge in [0.25, 0.3) is 0 Å². The van der Waals surface area contributed by atoms with Gasteiger partial charge < -0.3 is 9.84 Å². The van der Waals surface area contributed by atoms with E-state index in [1.807, 2.05) is 0 Å². The van der Waals surface area contributed by atoms with Crippen molar-refractivity contribution in [1.29, 1.82) is 0 Å². The lowest BCUT2D eigenvalue weighted by Gasteiger charge is -2.11. The van der Waals surface area contributed by atoms with Gasteiger partial charge in [0, 0.05) is 12.4 Å². The first-order chi connectivity index (χ1) is 7.38. The fraction of sp³-hybridized carbons (Fsp3) is 0.900. The van der Waals surface area contributed by atoms with Gasteiger partial charge in [0.2, 0.25) is 0 Å². The topological polar surface area (TPSA) is 80.7 Å². The van der Waals surface area contributed by atoms with E-state index in [9.17, 15) is 13.2 Å². The SMILES string of the molecule is CCOC[C@@]1(C(=O)O)C[C@H]1CS(=O)(=O)CC. The molecule has 1 N–H and O–H groups in total. The first-order valence-electron chi connectivity index (χ1n) is 5.39. The van der Waals surface area contributed by atoms with Crippen LogP contribution in [0.1, 0.15) is 20.3 Å². The molecular formula is C10H18O5S. The predicted molar refractivity (Wildman–Crippen MR) is 59.0 cm³/mol. The molecule has 0 heterocycles. The van der Waals surface area contributed by atoms with Gasteiger partial charge in [-0.2, -0.15) is 0 Å². The molecule has 0 aromatic heterocycles. The highest BCUT2D eigenvalue weighted by atomic mass is 32.2. The molecule has 1 aliphatic rings. The van der Waals surface area contributed by atoms with Gasteiger partial charge >= 0.3 is 5.97 Å². The first kappa shape index (κ1) is 13.4. The molecule has 1 fully saturated rings. The molecule has 0 aliphatic heterocycles. The Labute approximate surface area is 95.7 Å². The van der Waals surface area contributed by atoms with Crippen molar-refractivity contribution < 1.29 is 23.1 Å². The van der Waals surface area contributed by atoms with Gasteiger partial charge in [-0.3, -0.25) is 4.79 Å². The van der Waals surface area contributed by atoms with Crippen LogP contribution in [0, 0.1) is 11.3 Å². The summed E-state index contributed by atoms with van der Waals surface area (Å²) in [6, 6.07) is 0. The zero-order valence-corrected chi connectivity index (χ0v) is 10.4. The van der Waals surface area contributed by atoms with E-state index in [2.05, 4.69) is 0 Å². The van der Waals surface area contributed by atoms with Crippen LogP contribution in [0.2, 0.25) is 0 Å². The maximum Gasteiger partial charge on any atom is 0.312 e. The number of sulfone groups is 1. The van der Waals surface area contributed by atoms with Crippen LogP contribution in [0.4, 0.5) is 0 Å². The molecule has 6 heteroatoms. The molecule has 0 saturated heterocycles. The molecule has 0 bridgehead atoms. The third kappa shape index (κ3) is 2.74. The maximum absolute atomic E-state index is 11.4. The number of ether oxygens (including phenoxy) is 1. The summed E-state index contributed by atoms with van der Waals surface area (Å²) in [5.41, 5.74) is -0.960. The molecule has 0 unspecified atom stereocenters. The van der Waals surface area contributed by atoms with Gasteiger partial charge in [0.05, 0.1) is 17.8 Å². The summed E-state index contributed by atoms with van der Waals surface area (Å²) in [6.45, 7) is 3.92. The van der Waals surface area contributed by atoms with E-state index >= 15 is 0 Å². The van der Waals surface area contributed by atoms with Crippen LogP contribution in [0.5, 0.6) is 0 Å². The second kappa shape index (κ2) is 4.71. The number of aliphatic carboxylic acids is 1. The molecule has 16 heavy (non-hydrogen) atoms. The van der Waals surface area contributed by atoms with Crippen LogP contribution in [-0.2, 0) is 19.4 Å². The molecule has 1 rings (SSSR count). The Bertz CT molecular complexity index is 361. The highest BCUT2D eigenvalue weighted by Crippen LogP contribution is 2.53. The van der Waals surface area contributed by atoms with E-state index in [1.165, 1.54) is 0 Å². The van der Waals surface area contributed by atoms with Crippen LogP contribution < -0.4 is 0 Å². The van der Waals surface area contributed by atoms with Crippen molar-refractivity contribution in [3.63, 3.8) is 0 Å². The Hall–Kier alpha value is -0.620. The van der Waals surface area contributed by atoms with Gasteiger partial charge in [-0.15, -0.1) is 0 Å². The summed E-state index contributed by atoms with van der Waals surface area (Å²) in [6.07, 6.45) is 0.404. The molecular weight excluding hydrogens is 232 g/mol. The van der Waals surface area contributed by atoms with Crippen molar-refractivity contribution in [3.05, 3.63) is 0 Å². The second-order valence-corrected chi connectivity index (χ2v) is 6.60. The molecule has 1 saturated carbocycles. The number of carboxylic acid groups (broad SMARTS) is 1. The lowest BCUT2D eigenvalue weighted by molar-refractivity contribution is -0.146. The summed E-state index contributed by atoms with van der Waals surface area (Å²) < 4.78 is 27.9. The molecule has 0 aromatic rings. The minimum absolute atomic E-state index is 0.0388. The quantitative estimate of drug-likeness (QED) is 0.713. The Morgan fingerprint density at radius 1 is 1.50 bits per heavy atom. The van der Waals surface area contributed by atoms with E-state index in [4.69, 9.17) is 9.84 Å². The normalized spacial score (nSPS) is 29.0.